The Labute approximate surface area is 81.0 Å². The lowest BCUT2D eigenvalue weighted by atomic mass is 10.1. The second-order valence-corrected chi connectivity index (χ2v) is 4.03. The van der Waals surface area contributed by atoms with E-state index >= 15 is 0 Å². The SMILES string of the molecule is CC(O)Cc1snc2ccccc12. The Morgan fingerprint density at radius 3 is 3.00 bits per heavy atom. The van der Waals surface area contributed by atoms with Gasteiger partial charge in [-0.3, -0.25) is 0 Å². The number of aliphatic hydroxyl groups is 1. The molecule has 0 aliphatic rings. The van der Waals surface area contributed by atoms with E-state index in [4.69, 9.17) is 0 Å². The van der Waals surface area contributed by atoms with Crippen molar-refractivity contribution in [3.05, 3.63) is 29.1 Å². The molecule has 2 aromatic rings. The molecule has 0 radical (unpaired) electrons. The van der Waals surface area contributed by atoms with Crippen molar-refractivity contribution in [2.45, 2.75) is 19.4 Å². The third-order valence-electron chi connectivity index (χ3n) is 1.94. The highest BCUT2D eigenvalue weighted by atomic mass is 32.1. The minimum absolute atomic E-state index is 0.288. The lowest BCUT2D eigenvalue weighted by molar-refractivity contribution is 0.197. The zero-order valence-electron chi connectivity index (χ0n) is 7.40. The van der Waals surface area contributed by atoms with Crippen LogP contribution in [0.25, 0.3) is 10.9 Å². The molecule has 2 nitrogen and oxygen atoms in total. The van der Waals surface area contributed by atoms with Crippen LogP contribution >= 0.6 is 11.5 Å². The molecule has 1 aromatic heterocycles. The Bertz CT molecular complexity index is 408. The summed E-state index contributed by atoms with van der Waals surface area (Å²) >= 11 is 1.48. The number of aromatic nitrogens is 1. The van der Waals surface area contributed by atoms with Gasteiger partial charge in [-0.2, -0.15) is 4.37 Å². The Kier molecular flexibility index (Phi) is 2.29. The molecule has 0 saturated carbocycles. The van der Waals surface area contributed by atoms with Crippen molar-refractivity contribution in [2.24, 2.45) is 0 Å². The summed E-state index contributed by atoms with van der Waals surface area (Å²) in [6, 6.07) is 8.03. The van der Waals surface area contributed by atoms with Gasteiger partial charge in [0.05, 0.1) is 11.6 Å². The van der Waals surface area contributed by atoms with Gasteiger partial charge in [0.1, 0.15) is 0 Å². The van der Waals surface area contributed by atoms with Crippen LogP contribution < -0.4 is 0 Å². The van der Waals surface area contributed by atoms with Crippen molar-refractivity contribution in [3.63, 3.8) is 0 Å². The van der Waals surface area contributed by atoms with Crippen molar-refractivity contribution in [1.82, 2.24) is 4.37 Å². The first-order valence-electron chi connectivity index (χ1n) is 4.29. The number of aliphatic hydroxyl groups excluding tert-OH is 1. The predicted molar refractivity (Wildman–Crippen MR) is 55.0 cm³/mol. The van der Waals surface area contributed by atoms with Crippen LogP contribution in [-0.2, 0) is 6.42 Å². The van der Waals surface area contributed by atoms with Gasteiger partial charge in [-0.05, 0) is 24.5 Å². The Morgan fingerprint density at radius 1 is 1.46 bits per heavy atom. The first kappa shape index (κ1) is 8.66. The molecule has 0 aliphatic carbocycles. The normalized spacial score (nSPS) is 13.4. The van der Waals surface area contributed by atoms with Gasteiger partial charge in [-0.25, -0.2) is 0 Å². The van der Waals surface area contributed by atoms with E-state index < -0.39 is 0 Å². The molecule has 1 heterocycles. The predicted octanol–water partition coefficient (Wildman–Crippen LogP) is 2.22. The molecular formula is C10H11NOS. The van der Waals surface area contributed by atoms with Gasteiger partial charge < -0.3 is 5.11 Å². The number of hydrogen-bond donors (Lipinski definition) is 1. The fourth-order valence-electron chi connectivity index (χ4n) is 1.36. The lowest BCUT2D eigenvalue weighted by Crippen LogP contribution is -2.02. The average molecular weight is 193 g/mol. The number of benzene rings is 1. The molecule has 0 fully saturated rings. The standard InChI is InChI=1S/C10H11NOS/c1-7(12)6-10-8-4-2-3-5-9(8)11-13-10/h2-5,7,12H,6H2,1H3. The largest absolute Gasteiger partial charge is 0.393 e. The Balaban J connectivity index is 2.46. The average Bonchev–Trinajstić information content (AvgIpc) is 2.48. The topological polar surface area (TPSA) is 33.1 Å². The van der Waals surface area contributed by atoms with Gasteiger partial charge in [0.25, 0.3) is 0 Å². The summed E-state index contributed by atoms with van der Waals surface area (Å²) in [5.74, 6) is 0. The summed E-state index contributed by atoms with van der Waals surface area (Å²) in [5, 5.41) is 10.4. The van der Waals surface area contributed by atoms with Crippen LogP contribution in [-0.4, -0.2) is 15.6 Å². The number of rotatable bonds is 2. The van der Waals surface area contributed by atoms with Crippen molar-refractivity contribution in [1.29, 1.82) is 0 Å². The fraction of sp³-hybridized carbons (Fsp3) is 0.300. The maximum Gasteiger partial charge on any atom is 0.0843 e. The second kappa shape index (κ2) is 3.44. The van der Waals surface area contributed by atoms with Gasteiger partial charge in [0.2, 0.25) is 0 Å². The lowest BCUT2D eigenvalue weighted by Gasteiger charge is -2.00. The molecule has 68 valence electrons. The van der Waals surface area contributed by atoms with Crippen molar-refractivity contribution in [3.8, 4) is 0 Å². The number of hydrogen-bond acceptors (Lipinski definition) is 3. The molecule has 1 atom stereocenters. The van der Waals surface area contributed by atoms with E-state index in [0.29, 0.717) is 6.42 Å². The van der Waals surface area contributed by atoms with E-state index in [9.17, 15) is 5.11 Å². The van der Waals surface area contributed by atoms with Crippen molar-refractivity contribution in [2.75, 3.05) is 0 Å². The summed E-state index contributed by atoms with van der Waals surface area (Å²) < 4.78 is 4.30. The van der Waals surface area contributed by atoms with Gasteiger partial charge in [0.15, 0.2) is 0 Å². The van der Waals surface area contributed by atoms with Gasteiger partial charge in [0, 0.05) is 16.7 Å². The quantitative estimate of drug-likeness (QED) is 0.793. The molecule has 0 aliphatic heterocycles. The van der Waals surface area contributed by atoms with Gasteiger partial charge in [-0.1, -0.05) is 18.2 Å². The van der Waals surface area contributed by atoms with Crippen molar-refractivity contribution < 1.29 is 5.11 Å². The Hall–Kier alpha value is -0.930. The van der Waals surface area contributed by atoms with Crippen LogP contribution in [0.3, 0.4) is 0 Å². The number of fused-ring (bicyclic) bond motifs is 1. The summed E-state index contributed by atoms with van der Waals surface area (Å²) in [5.41, 5.74) is 1.03. The van der Waals surface area contributed by atoms with Crippen LogP contribution in [0.2, 0.25) is 0 Å². The molecular weight excluding hydrogens is 182 g/mol. The van der Waals surface area contributed by atoms with Crippen molar-refractivity contribution >= 4 is 22.4 Å². The van der Waals surface area contributed by atoms with Crippen LogP contribution in [0.4, 0.5) is 0 Å². The summed E-state index contributed by atoms with van der Waals surface area (Å²) in [6.07, 6.45) is 0.411. The molecule has 13 heavy (non-hydrogen) atoms. The molecule has 1 aromatic carbocycles. The first-order valence-corrected chi connectivity index (χ1v) is 5.06. The maximum atomic E-state index is 9.26. The molecule has 0 saturated heterocycles. The monoisotopic (exact) mass is 193 g/mol. The summed E-state index contributed by atoms with van der Waals surface area (Å²) in [7, 11) is 0. The molecule has 1 unspecified atom stereocenters. The van der Waals surface area contributed by atoms with Crippen LogP contribution in [0.1, 0.15) is 11.8 Å². The van der Waals surface area contributed by atoms with E-state index in [1.54, 1.807) is 6.92 Å². The summed E-state index contributed by atoms with van der Waals surface area (Å²) in [6.45, 7) is 1.80. The first-order chi connectivity index (χ1) is 6.27. The minimum atomic E-state index is -0.288. The molecule has 3 heteroatoms. The number of nitrogens with zero attached hydrogens (tertiary/aromatic N) is 1. The second-order valence-electron chi connectivity index (χ2n) is 3.18. The minimum Gasteiger partial charge on any atom is -0.393 e. The Morgan fingerprint density at radius 2 is 2.23 bits per heavy atom. The van der Waals surface area contributed by atoms with Gasteiger partial charge >= 0.3 is 0 Å². The highest BCUT2D eigenvalue weighted by Crippen LogP contribution is 2.22. The van der Waals surface area contributed by atoms with Crippen LogP contribution in [0, 0.1) is 0 Å². The van der Waals surface area contributed by atoms with E-state index in [2.05, 4.69) is 10.4 Å². The zero-order chi connectivity index (χ0) is 9.26. The molecule has 0 spiro atoms. The third-order valence-corrected chi connectivity index (χ3v) is 2.83. The highest BCUT2D eigenvalue weighted by molar-refractivity contribution is 7.07. The third kappa shape index (κ3) is 1.71. The van der Waals surface area contributed by atoms with E-state index in [1.807, 2.05) is 18.2 Å². The molecule has 0 amide bonds. The molecule has 2 rings (SSSR count). The van der Waals surface area contributed by atoms with E-state index in [0.717, 1.165) is 5.52 Å². The fourth-order valence-corrected chi connectivity index (χ4v) is 2.31. The molecule has 0 bridgehead atoms. The van der Waals surface area contributed by atoms with Crippen LogP contribution in [0.5, 0.6) is 0 Å². The van der Waals surface area contributed by atoms with Gasteiger partial charge in [-0.15, -0.1) is 0 Å². The van der Waals surface area contributed by atoms with E-state index in [-0.39, 0.29) is 6.10 Å². The van der Waals surface area contributed by atoms with E-state index in [1.165, 1.54) is 21.8 Å². The molecule has 1 N–H and O–H groups in total. The summed E-state index contributed by atoms with van der Waals surface area (Å²) in [4.78, 5) is 1.17. The van der Waals surface area contributed by atoms with Crippen LogP contribution in [0.15, 0.2) is 24.3 Å². The highest BCUT2D eigenvalue weighted by Gasteiger charge is 2.06. The maximum absolute atomic E-state index is 9.26. The smallest absolute Gasteiger partial charge is 0.0843 e. The zero-order valence-corrected chi connectivity index (χ0v) is 8.21.